The Bertz CT molecular complexity index is 825. The number of benzene rings is 1. The van der Waals surface area contributed by atoms with Gasteiger partial charge in [0.1, 0.15) is 11.6 Å². The zero-order valence-electron chi connectivity index (χ0n) is 12.8. The maximum absolute atomic E-state index is 14.1. The maximum atomic E-state index is 14.1. The van der Waals surface area contributed by atoms with Crippen LogP contribution in [0.2, 0.25) is 0 Å². The molecule has 0 amide bonds. The van der Waals surface area contributed by atoms with Gasteiger partial charge in [-0.2, -0.15) is 0 Å². The van der Waals surface area contributed by atoms with Crippen LogP contribution in [0, 0.1) is 5.82 Å². The van der Waals surface area contributed by atoms with Crippen molar-refractivity contribution >= 4 is 27.9 Å². The summed E-state index contributed by atoms with van der Waals surface area (Å²) in [7, 11) is 0. The molecule has 4 rings (SSSR count). The third kappa shape index (κ3) is 2.94. The lowest BCUT2D eigenvalue weighted by molar-refractivity contribution is 0.266. The fraction of sp³-hybridized carbons (Fsp3) is 0.278. The molecule has 5 heteroatoms. The van der Waals surface area contributed by atoms with Crippen molar-refractivity contribution in [2.24, 2.45) is 0 Å². The second-order valence-corrected chi connectivity index (χ2v) is 6.82. The van der Waals surface area contributed by atoms with Gasteiger partial charge in [0.25, 0.3) is 0 Å². The molecule has 0 fully saturated rings. The number of nitrogens with one attached hydrogen (secondary N) is 1. The van der Waals surface area contributed by atoms with E-state index in [4.69, 9.17) is 0 Å². The molecule has 3 nitrogen and oxygen atoms in total. The minimum atomic E-state index is -0.223. The lowest BCUT2D eigenvalue weighted by atomic mass is 10.1. The van der Waals surface area contributed by atoms with Crippen LogP contribution < -0.4 is 5.32 Å². The summed E-state index contributed by atoms with van der Waals surface area (Å²) in [5.41, 5.74) is 1.45. The number of rotatable bonds is 4. The molecule has 3 heterocycles. The van der Waals surface area contributed by atoms with E-state index in [2.05, 4.69) is 26.6 Å². The number of anilines is 1. The van der Waals surface area contributed by atoms with Crippen LogP contribution in [0.5, 0.6) is 0 Å². The van der Waals surface area contributed by atoms with E-state index in [1.54, 1.807) is 12.3 Å². The Morgan fingerprint density at radius 2 is 2.22 bits per heavy atom. The summed E-state index contributed by atoms with van der Waals surface area (Å²) in [6, 6.07) is 9.19. The van der Waals surface area contributed by atoms with Crippen molar-refractivity contribution in [3.8, 4) is 0 Å². The predicted molar refractivity (Wildman–Crippen MR) is 93.5 cm³/mol. The van der Waals surface area contributed by atoms with Gasteiger partial charge in [-0.25, -0.2) is 9.37 Å². The van der Waals surface area contributed by atoms with E-state index in [0.717, 1.165) is 38.0 Å². The van der Waals surface area contributed by atoms with Crippen LogP contribution in [0.15, 0.2) is 41.9 Å². The van der Waals surface area contributed by atoms with Gasteiger partial charge in [0.15, 0.2) is 0 Å². The van der Waals surface area contributed by atoms with E-state index in [0.29, 0.717) is 11.2 Å². The van der Waals surface area contributed by atoms with Crippen molar-refractivity contribution in [3.05, 3.63) is 58.2 Å². The van der Waals surface area contributed by atoms with Crippen LogP contribution in [0.25, 0.3) is 10.8 Å². The molecule has 0 saturated heterocycles. The van der Waals surface area contributed by atoms with E-state index in [9.17, 15) is 4.39 Å². The summed E-state index contributed by atoms with van der Waals surface area (Å²) in [5, 5.41) is 6.93. The fourth-order valence-corrected chi connectivity index (χ4v) is 4.04. The van der Waals surface area contributed by atoms with Gasteiger partial charge >= 0.3 is 0 Å². The van der Waals surface area contributed by atoms with Crippen LogP contribution in [0.4, 0.5) is 10.2 Å². The summed E-state index contributed by atoms with van der Waals surface area (Å²) < 4.78 is 14.1. The predicted octanol–water partition coefficient (Wildman–Crippen LogP) is 3.91. The van der Waals surface area contributed by atoms with Crippen LogP contribution >= 0.6 is 11.3 Å². The minimum absolute atomic E-state index is 0.223. The molecular formula is C18H18FN3S. The first kappa shape index (κ1) is 14.6. The molecule has 0 saturated carbocycles. The Labute approximate surface area is 138 Å². The average molecular weight is 327 g/mol. The quantitative estimate of drug-likeness (QED) is 0.787. The third-order valence-electron chi connectivity index (χ3n) is 4.35. The Morgan fingerprint density at radius 3 is 3.17 bits per heavy atom. The highest BCUT2D eigenvalue weighted by molar-refractivity contribution is 7.10. The zero-order chi connectivity index (χ0) is 15.6. The summed E-state index contributed by atoms with van der Waals surface area (Å²) in [6.45, 7) is 3.80. The second kappa shape index (κ2) is 6.26. The molecule has 0 atom stereocenters. The topological polar surface area (TPSA) is 28.2 Å². The lowest BCUT2D eigenvalue weighted by Gasteiger charge is -2.26. The molecule has 118 valence electrons. The molecule has 0 aliphatic carbocycles. The van der Waals surface area contributed by atoms with Gasteiger partial charge in [-0.05, 0) is 40.9 Å². The van der Waals surface area contributed by atoms with Gasteiger partial charge < -0.3 is 5.32 Å². The molecule has 0 bridgehead atoms. The second-order valence-electron chi connectivity index (χ2n) is 5.82. The highest BCUT2D eigenvalue weighted by Gasteiger charge is 2.16. The smallest absolute Gasteiger partial charge is 0.136 e. The Kier molecular flexibility index (Phi) is 3.97. The summed E-state index contributed by atoms with van der Waals surface area (Å²) in [6.07, 6.45) is 2.86. The molecule has 1 aliphatic rings. The Hall–Kier alpha value is -1.98. The highest BCUT2D eigenvalue weighted by Crippen LogP contribution is 2.25. The van der Waals surface area contributed by atoms with E-state index in [-0.39, 0.29) is 5.82 Å². The number of nitrogens with zero attached hydrogens (tertiary/aromatic N) is 2. The molecule has 1 aromatic carbocycles. The highest BCUT2D eigenvalue weighted by atomic mass is 32.1. The first-order valence-corrected chi connectivity index (χ1v) is 8.74. The van der Waals surface area contributed by atoms with Gasteiger partial charge in [0.05, 0.1) is 5.39 Å². The van der Waals surface area contributed by atoms with Gasteiger partial charge in [0.2, 0.25) is 0 Å². The number of hydrogen-bond donors (Lipinski definition) is 1. The zero-order valence-corrected chi connectivity index (χ0v) is 13.6. The molecule has 2 aromatic heterocycles. The molecule has 0 radical (unpaired) electrons. The number of halogens is 1. The number of pyridine rings is 1. The Balaban J connectivity index is 1.42. The van der Waals surface area contributed by atoms with Crippen molar-refractivity contribution in [2.45, 2.75) is 13.0 Å². The number of aromatic nitrogens is 1. The number of thiophene rings is 1. The van der Waals surface area contributed by atoms with E-state index in [1.165, 1.54) is 16.5 Å². The summed E-state index contributed by atoms with van der Waals surface area (Å²) in [5.74, 6) is 0.410. The summed E-state index contributed by atoms with van der Waals surface area (Å²) in [4.78, 5) is 8.26. The van der Waals surface area contributed by atoms with Crippen molar-refractivity contribution in [2.75, 3.05) is 25.0 Å². The van der Waals surface area contributed by atoms with Crippen molar-refractivity contribution < 1.29 is 4.39 Å². The molecule has 1 N–H and O–H groups in total. The minimum Gasteiger partial charge on any atom is -0.368 e. The average Bonchev–Trinajstić information content (AvgIpc) is 3.03. The monoisotopic (exact) mass is 327 g/mol. The fourth-order valence-electron chi connectivity index (χ4n) is 3.15. The SMILES string of the molecule is Fc1cccc2ccnc(NCCN3CCc4sccc4C3)c12. The van der Waals surface area contributed by atoms with Crippen molar-refractivity contribution in [1.29, 1.82) is 0 Å². The molecule has 1 aliphatic heterocycles. The van der Waals surface area contributed by atoms with Crippen molar-refractivity contribution in [3.63, 3.8) is 0 Å². The van der Waals surface area contributed by atoms with E-state index < -0.39 is 0 Å². The molecule has 3 aromatic rings. The van der Waals surface area contributed by atoms with Crippen LogP contribution in [0.1, 0.15) is 10.4 Å². The van der Waals surface area contributed by atoms with Crippen molar-refractivity contribution in [1.82, 2.24) is 9.88 Å². The third-order valence-corrected chi connectivity index (χ3v) is 5.37. The molecule has 0 unspecified atom stereocenters. The Morgan fingerprint density at radius 1 is 1.26 bits per heavy atom. The largest absolute Gasteiger partial charge is 0.368 e. The molecular weight excluding hydrogens is 309 g/mol. The van der Waals surface area contributed by atoms with Gasteiger partial charge in [0, 0.05) is 37.3 Å². The number of fused-ring (bicyclic) bond motifs is 2. The molecule has 23 heavy (non-hydrogen) atoms. The van der Waals surface area contributed by atoms with Gasteiger partial charge in [-0.3, -0.25) is 4.90 Å². The van der Waals surface area contributed by atoms with Gasteiger partial charge in [-0.15, -0.1) is 11.3 Å². The number of hydrogen-bond acceptors (Lipinski definition) is 4. The van der Waals surface area contributed by atoms with Crippen LogP contribution in [-0.4, -0.2) is 29.5 Å². The lowest BCUT2D eigenvalue weighted by Crippen LogP contribution is -2.33. The standard InChI is InChI=1S/C18H18FN3S/c19-15-3-1-2-13-4-7-20-18(17(13)15)21-8-10-22-9-5-16-14(12-22)6-11-23-16/h1-4,6-7,11H,5,8-10,12H2,(H,20,21). The molecule has 0 spiro atoms. The van der Waals surface area contributed by atoms with E-state index >= 15 is 0 Å². The van der Waals surface area contributed by atoms with Crippen LogP contribution in [-0.2, 0) is 13.0 Å². The summed E-state index contributed by atoms with van der Waals surface area (Å²) >= 11 is 1.86. The van der Waals surface area contributed by atoms with E-state index in [1.807, 2.05) is 23.5 Å². The normalized spacial score (nSPS) is 14.8. The maximum Gasteiger partial charge on any atom is 0.136 e. The van der Waals surface area contributed by atoms with Gasteiger partial charge in [-0.1, -0.05) is 12.1 Å². The van der Waals surface area contributed by atoms with Crippen LogP contribution in [0.3, 0.4) is 0 Å². The first-order chi connectivity index (χ1) is 11.3. The first-order valence-electron chi connectivity index (χ1n) is 7.86.